The van der Waals surface area contributed by atoms with E-state index in [0.29, 0.717) is 47.9 Å². The van der Waals surface area contributed by atoms with Crippen molar-refractivity contribution in [2.75, 3.05) is 32.1 Å². The summed E-state index contributed by atoms with van der Waals surface area (Å²) in [5.74, 6) is 1.33. The van der Waals surface area contributed by atoms with Crippen LogP contribution in [-0.2, 0) is 4.74 Å². The number of carbonyl (C=O) groups excluding carboxylic acids is 1. The Labute approximate surface area is 178 Å². The van der Waals surface area contributed by atoms with Crippen molar-refractivity contribution < 1.29 is 14.3 Å². The Hall–Kier alpha value is -3.07. The average Bonchev–Trinajstić information content (AvgIpc) is 3.17. The summed E-state index contributed by atoms with van der Waals surface area (Å²) >= 11 is 6.12. The van der Waals surface area contributed by atoms with Crippen LogP contribution in [0.25, 0.3) is 22.4 Å². The quantitative estimate of drug-likeness (QED) is 0.653. The lowest BCUT2D eigenvalue weighted by molar-refractivity contribution is 0.00825. The van der Waals surface area contributed by atoms with Crippen molar-refractivity contribution in [1.82, 2.24) is 25.5 Å². The second-order valence-electron chi connectivity index (χ2n) is 7.42. The number of methoxy groups -OCH3 is 1. The maximum Gasteiger partial charge on any atom is 0.407 e. The van der Waals surface area contributed by atoms with Crippen LogP contribution < -0.4 is 15.0 Å². The van der Waals surface area contributed by atoms with Crippen LogP contribution in [0, 0.1) is 0 Å². The smallest absolute Gasteiger partial charge is 0.407 e. The molecule has 1 saturated heterocycles. The lowest BCUT2D eigenvalue weighted by Crippen LogP contribution is -2.46. The van der Waals surface area contributed by atoms with Crippen LogP contribution in [0.15, 0.2) is 24.4 Å². The molecule has 3 heterocycles. The summed E-state index contributed by atoms with van der Waals surface area (Å²) in [6.07, 6.45) is 2.75. The molecule has 30 heavy (non-hydrogen) atoms. The number of aromatic nitrogens is 4. The highest BCUT2D eigenvalue weighted by atomic mass is 35.5. The van der Waals surface area contributed by atoms with E-state index in [9.17, 15) is 4.79 Å². The van der Waals surface area contributed by atoms with Crippen LogP contribution in [0.2, 0.25) is 5.02 Å². The first-order chi connectivity index (χ1) is 14.4. The molecule has 1 amide bonds. The van der Waals surface area contributed by atoms with Gasteiger partial charge in [0.25, 0.3) is 0 Å². The van der Waals surface area contributed by atoms with Gasteiger partial charge in [0.2, 0.25) is 5.65 Å². The molecule has 10 heteroatoms. The van der Waals surface area contributed by atoms with Crippen molar-refractivity contribution in [3.8, 4) is 17.0 Å². The minimum Gasteiger partial charge on any atom is -0.495 e. The Bertz CT molecular complexity index is 1080. The molecule has 1 aliphatic heterocycles. The molecule has 0 spiro atoms. The standard InChI is InChI=1S/C20H23ClN6O3/c1-20(30-19(28)22-2)6-8-27(9-7-20)15-11-23-17-16(25-26-18(17)24-15)12-4-5-13(21)14(10-12)29-3/h4-5,10-11H,6-9H2,1-3H3,(H,22,28)(H,24,25,26). The van der Waals surface area contributed by atoms with E-state index in [0.717, 1.165) is 17.1 Å². The number of nitrogens with zero attached hydrogens (tertiary/aromatic N) is 4. The zero-order valence-electron chi connectivity index (χ0n) is 17.0. The lowest BCUT2D eigenvalue weighted by atomic mass is 9.93. The summed E-state index contributed by atoms with van der Waals surface area (Å²) in [5, 5.41) is 10.4. The molecule has 0 saturated carbocycles. The Kier molecular flexibility index (Phi) is 5.38. The third kappa shape index (κ3) is 3.85. The zero-order chi connectivity index (χ0) is 21.3. The van der Waals surface area contributed by atoms with Gasteiger partial charge in [0, 0.05) is 38.5 Å². The van der Waals surface area contributed by atoms with E-state index >= 15 is 0 Å². The summed E-state index contributed by atoms with van der Waals surface area (Å²) in [7, 11) is 3.13. The van der Waals surface area contributed by atoms with E-state index < -0.39 is 11.7 Å². The van der Waals surface area contributed by atoms with Gasteiger partial charge in [-0.05, 0) is 19.1 Å². The maximum absolute atomic E-state index is 11.6. The number of hydrogen-bond acceptors (Lipinski definition) is 7. The average molecular weight is 431 g/mol. The van der Waals surface area contributed by atoms with Gasteiger partial charge >= 0.3 is 6.09 Å². The third-order valence-electron chi connectivity index (χ3n) is 5.38. The Morgan fingerprint density at radius 2 is 2.10 bits per heavy atom. The molecule has 0 unspecified atom stereocenters. The number of aromatic amines is 1. The van der Waals surface area contributed by atoms with Crippen LogP contribution in [0.3, 0.4) is 0 Å². The van der Waals surface area contributed by atoms with Gasteiger partial charge in [-0.25, -0.2) is 14.8 Å². The fourth-order valence-electron chi connectivity index (χ4n) is 3.54. The number of H-pyrrole nitrogens is 1. The Morgan fingerprint density at radius 3 is 2.80 bits per heavy atom. The fraction of sp³-hybridized carbons (Fsp3) is 0.400. The van der Waals surface area contributed by atoms with Crippen molar-refractivity contribution in [2.45, 2.75) is 25.4 Å². The van der Waals surface area contributed by atoms with Crippen molar-refractivity contribution in [3.63, 3.8) is 0 Å². The molecule has 9 nitrogen and oxygen atoms in total. The van der Waals surface area contributed by atoms with E-state index in [1.165, 1.54) is 0 Å². The van der Waals surface area contributed by atoms with Crippen LogP contribution >= 0.6 is 11.6 Å². The minimum absolute atomic E-state index is 0.407. The summed E-state index contributed by atoms with van der Waals surface area (Å²) in [5.41, 5.74) is 2.34. The molecule has 0 atom stereocenters. The van der Waals surface area contributed by atoms with E-state index in [2.05, 4.69) is 30.4 Å². The van der Waals surface area contributed by atoms with Crippen molar-refractivity contribution in [3.05, 3.63) is 29.4 Å². The first kappa shape index (κ1) is 20.2. The molecule has 0 bridgehead atoms. The molecule has 3 aromatic rings. The van der Waals surface area contributed by atoms with Gasteiger partial charge in [0.15, 0.2) is 0 Å². The second-order valence-corrected chi connectivity index (χ2v) is 7.83. The summed E-state index contributed by atoms with van der Waals surface area (Å²) in [6.45, 7) is 3.37. The highest BCUT2D eigenvalue weighted by molar-refractivity contribution is 6.32. The minimum atomic E-state index is -0.485. The molecule has 0 radical (unpaired) electrons. The van der Waals surface area contributed by atoms with Gasteiger partial charge in [-0.15, -0.1) is 0 Å². The third-order valence-corrected chi connectivity index (χ3v) is 5.69. The first-order valence-corrected chi connectivity index (χ1v) is 10.0. The summed E-state index contributed by atoms with van der Waals surface area (Å²) in [6, 6.07) is 5.49. The van der Waals surface area contributed by atoms with Gasteiger partial charge in [0.1, 0.15) is 22.7 Å². The molecule has 2 aromatic heterocycles. The van der Waals surface area contributed by atoms with Crippen molar-refractivity contribution in [2.24, 2.45) is 0 Å². The topological polar surface area (TPSA) is 105 Å². The number of fused-ring (bicyclic) bond motifs is 1. The molecular weight excluding hydrogens is 408 g/mol. The number of piperidine rings is 1. The van der Waals surface area contributed by atoms with Crippen molar-refractivity contribution in [1.29, 1.82) is 0 Å². The highest BCUT2D eigenvalue weighted by Gasteiger charge is 2.34. The number of amides is 1. The maximum atomic E-state index is 11.6. The van der Waals surface area contributed by atoms with Crippen LogP contribution in [0.1, 0.15) is 19.8 Å². The molecule has 158 valence electrons. The number of benzene rings is 1. The fourth-order valence-corrected chi connectivity index (χ4v) is 3.74. The number of ether oxygens (including phenoxy) is 2. The molecule has 0 aliphatic carbocycles. The number of nitrogens with one attached hydrogen (secondary N) is 2. The lowest BCUT2D eigenvalue weighted by Gasteiger charge is -2.38. The monoisotopic (exact) mass is 430 g/mol. The summed E-state index contributed by atoms with van der Waals surface area (Å²) < 4.78 is 10.8. The van der Waals surface area contributed by atoms with Crippen LogP contribution in [0.5, 0.6) is 5.75 Å². The second kappa shape index (κ2) is 7.98. The van der Waals surface area contributed by atoms with Gasteiger partial charge < -0.3 is 19.7 Å². The van der Waals surface area contributed by atoms with Crippen LogP contribution in [-0.4, -0.2) is 59.1 Å². The van der Waals surface area contributed by atoms with E-state index in [1.807, 2.05) is 19.1 Å². The molecule has 1 aromatic carbocycles. The number of rotatable bonds is 4. The Morgan fingerprint density at radius 1 is 1.33 bits per heavy atom. The number of halogens is 1. The van der Waals surface area contributed by atoms with Gasteiger partial charge in [0.05, 0.1) is 24.0 Å². The van der Waals surface area contributed by atoms with Gasteiger partial charge in [-0.2, -0.15) is 5.10 Å². The molecule has 4 rings (SSSR count). The van der Waals surface area contributed by atoms with E-state index in [-0.39, 0.29) is 0 Å². The highest BCUT2D eigenvalue weighted by Crippen LogP contribution is 2.33. The number of anilines is 1. The normalized spacial score (nSPS) is 15.8. The first-order valence-electron chi connectivity index (χ1n) is 9.63. The number of hydrogen-bond donors (Lipinski definition) is 2. The molecule has 1 fully saturated rings. The van der Waals surface area contributed by atoms with Gasteiger partial charge in [-0.3, -0.25) is 5.10 Å². The largest absolute Gasteiger partial charge is 0.495 e. The van der Waals surface area contributed by atoms with E-state index in [4.69, 9.17) is 21.1 Å². The predicted octanol–water partition coefficient (Wildman–Crippen LogP) is 3.40. The predicted molar refractivity (Wildman–Crippen MR) is 114 cm³/mol. The molecular formula is C20H23ClN6O3. The molecule has 2 N–H and O–H groups in total. The van der Waals surface area contributed by atoms with Crippen molar-refractivity contribution >= 4 is 34.7 Å². The number of carbonyl (C=O) groups is 1. The Balaban J connectivity index is 1.54. The SMILES string of the molecule is CNC(=O)OC1(C)CCN(c2cnc3c(-c4ccc(Cl)c(OC)c4)[nH]nc3n2)CC1. The van der Waals surface area contributed by atoms with Gasteiger partial charge in [-0.1, -0.05) is 17.7 Å². The van der Waals surface area contributed by atoms with E-state index in [1.54, 1.807) is 26.4 Å². The summed E-state index contributed by atoms with van der Waals surface area (Å²) in [4.78, 5) is 23.0. The number of alkyl carbamates (subject to hydrolysis) is 1. The molecule has 1 aliphatic rings. The van der Waals surface area contributed by atoms with Crippen LogP contribution in [0.4, 0.5) is 10.6 Å². The zero-order valence-corrected chi connectivity index (χ0v) is 17.8.